The summed E-state index contributed by atoms with van der Waals surface area (Å²) in [6.45, 7) is 7.90. The molecule has 1 saturated heterocycles. The Hall–Kier alpha value is -1.59. The maximum absolute atomic E-state index is 13.6. The first-order valence-corrected chi connectivity index (χ1v) is 10.3. The monoisotopic (exact) mass is 417 g/mol. The zero-order valence-corrected chi connectivity index (χ0v) is 17.8. The number of rotatable bonds is 2. The minimum Gasteiger partial charge on any atom is -0.326 e. The van der Waals surface area contributed by atoms with Crippen molar-refractivity contribution in [1.29, 1.82) is 0 Å². The van der Waals surface area contributed by atoms with E-state index >= 15 is 0 Å². The van der Waals surface area contributed by atoms with Crippen LogP contribution in [0.2, 0.25) is 10.0 Å². The summed E-state index contributed by atoms with van der Waals surface area (Å²) in [5.41, 5.74) is 8.49. The second kappa shape index (κ2) is 6.74. The van der Waals surface area contributed by atoms with Gasteiger partial charge in [0.15, 0.2) is 0 Å². The Morgan fingerprint density at radius 2 is 1.89 bits per heavy atom. The van der Waals surface area contributed by atoms with Crippen molar-refractivity contribution in [1.82, 2.24) is 4.90 Å². The lowest BCUT2D eigenvalue weighted by Gasteiger charge is -2.40. The van der Waals surface area contributed by atoms with Crippen LogP contribution in [0.1, 0.15) is 37.8 Å². The van der Waals surface area contributed by atoms with Gasteiger partial charge in [0.25, 0.3) is 0 Å². The Morgan fingerprint density at radius 3 is 2.57 bits per heavy atom. The highest BCUT2D eigenvalue weighted by molar-refractivity contribution is 6.31. The van der Waals surface area contributed by atoms with Crippen molar-refractivity contribution in [3.8, 4) is 0 Å². The minimum absolute atomic E-state index is 0.00536. The van der Waals surface area contributed by atoms with Crippen molar-refractivity contribution < 1.29 is 4.79 Å². The van der Waals surface area contributed by atoms with Gasteiger partial charge in [-0.1, -0.05) is 62.2 Å². The summed E-state index contributed by atoms with van der Waals surface area (Å²) < 4.78 is 0. The van der Waals surface area contributed by atoms with Crippen LogP contribution in [0.15, 0.2) is 42.5 Å². The number of likely N-dealkylation sites (tertiary alicyclic amines) is 1. The number of hydrogen-bond donors (Lipinski definition) is 2. The van der Waals surface area contributed by atoms with Crippen LogP contribution in [0.3, 0.4) is 0 Å². The first kappa shape index (κ1) is 19.7. The molecular weight excluding hydrogens is 393 g/mol. The van der Waals surface area contributed by atoms with Crippen molar-refractivity contribution in [2.45, 2.75) is 38.3 Å². The van der Waals surface area contributed by atoms with Crippen LogP contribution in [0.5, 0.6) is 0 Å². The average molecular weight is 418 g/mol. The van der Waals surface area contributed by atoms with E-state index in [2.05, 4.69) is 31.0 Å². The van der Waals surface area contributed by atoms with Gasteiger partial charge in [-0.25, -0.2) is 0 Å². The fraction of sp³-hybridized carbons (Fsp3) is 0.409. The highest BCUT2D eigenvalue weighted by Gasteiger charge is 2.62. The van der Waals surface area contributed by atoms with Gasteiger partial charge in [-0.15, -0.1) is 0 Å². The van der Waals surface area contributed by atoms with E-state index in [0.29, 0.717) is 16.6 Å². The molecule has 148 valence electrons. The number of anilines is 1. The topological polar surface area (TPSA) is 58.4 Å². The summed E-state index contributed by atoms with van der Waals surface area (Å²) in [5, 5.41) is 4.31. The van der Waals surface area contributed by atoms with E-state index in [1.807, 2.05) is 42.5 Å². The highest BCUT2D eigenvalue weighted by atomic mass is 35.5. The predicted molar refractivity (Wildman–Crippen MR) is 115 cm³/mol. The van der Waals surface area contributed by atoms with E-state index in [9.17, 15) is 4.79 Å². The van der Waals surface area contributed by atoms with E-state index in [1.165, 1.54) is 0 Å². The van der Waals surface area contributed by atoms with Crippen molar-refractivity contribution in [2.75, 3.05) is 18.4 Å². The smallest absolute Gasteiger partial charge is 0.250 e. The molecule has 1 spiro atoms. The van der Waals surface area contributed by atoms with Crippen LogP contribution >= 0.6 is 23.2 Å². The zero-order valence-electron chi connectivity index (χ0n) is 16.3. The largest absolute Gasteiger partial charge is 0.326 e. The molecule has 2 heterocycles. The van der Waals surface area contributed by atoms with Gasteiger partial charge in [0.05, 0.1) is 0 Å². The maximum Gasteiger partial charge on any atom is 0.250 e. The molecule has 2 aliphatic heterocycles. The van der Waals surface area contributed by atoms with Gasteiger partial charge in [0.2, 0.25) is 5.91 Å². The van der Waals surface area contributed by atoms with Crippen molar-refractivity contribution in [2.24, 2.45) is 11.1 Å². The van der Waals surface area contributed by atoms with Gasteiger partial charge in [-0.2, -0.15) is 0 Å². The van der Waals surface area contributed by atoms with Crippen molar-refractivity contribution in [3.63, 3.8) is 0 Å². The lowest BCUT2D eigenvalue weighted by molar-refractivity contribution is -0.127. The summed E-state index contributed by atoms with van der Waals surface area (Å²) in [7, 11) is 0. The Bertz CT molecular complexity index is 940. The molecule has 6 heteroatoms. The fourth-order valence-corrected chi connectivity index (χ4v) is 5.25. The standard InChI is InChI=1S/C22H25Cl2N3O/c1-21(2,3)12-27-11-17(25)19(13-5-4-6-14(23)9-13)22(27)16-8-7-15(24)10-18(16)26-20(22)28/h4-10,17,19H,11-12,25H2,1-3H3,(H,26,28). The molecule has 0 bridgehead atoms. The lowest BCUT2D eigenvalue weighted by Crippen LogP contribution is -2.52. The molecule has 0 saturated carbocycles. The SMILES string of the molecule is CC(C)(C)CN1CC(N)C(c2cccc(Cl)c2)C12C(=O)Nc1cc(Cl)ccc12. The number of carbonyl (C=O) groups excluding carboxylic acids is 1. The zero-order chi connectivity index (χ0) is 20.3. The molecule has 4 rings (SSSR count). The van der Waals surface area contributed by atoms with E-state index in [0.717, 1.165) is 23.4 Å². The summed E-state index contributed by atoms with van der Waals surface area (Å²) in [6, 6.07) is 13.1. The quantitative estimate of drug-likeness (QED) is 0.749. The molecule has 2 aromatic carbocycles. The number of nitrogens with zero attached hydrogens (tertiary/aromatic N) is 1. The number of carbonyl (C=O) groups is 1. The molecule has 28 heavy (non-hydrogen) atoms. The van der Waals surface area contributed by atoms with Crippen LogP contribution in [0, 0.1) is 5.41 Å². The molecule has 0 aromatic heterocycles. The van der Waals surface area contributed by atoms with Crippen LogP contribution in [0.25, 0.3) is 0 Å². The second-order valence-electron chi connectivity index (χ2n) is 9.05. The normalized spacial score (nSPS) is 27.3. The van der Waals surface area contributed by atoms with Gasteiger partial charge < -0.3 is 11.1 Å². The van der Waals surface area contributed by atoms with Crippen LogP contribution in [0.4, 0.5) is 5.69 Å². The van der Waals surface area contributed by atoms with Crippen LogP contribution in [-0.2, 0) is 10.3 Å². The highest BCUT2D eigenvalue weighted by Crippen LogP contribution is 2.55. The molecule has 4 nitrogen and oxygen atoms in total. The first-order chi connectivity index (χ1) is 13.1. The minimum atomic E-state index is -0.878. The second-order valence-corrected chi connectivity index (χ2v) is 9.92. The molecule has 0 radical (unpaired) electrons. The number of benzene rings is 2. The molecule has 1 fully saturated rings. The van der Waals surface area contributed by atoms with Crippen molar-refractivity contribution in [3.05, 3.63) is 63.6 Å². The molecule has 3 unspecified atom stereocenters. The van der Waals surface area contributed by atoms with Gasteiger partial charge in [-0.05, 0) is 35.2 Å². The Labute approximate surface area is 176 Å². The predicted octanol–water partition coefficient (Wildman–Crippen LogP) is 4.61. The van der Waals surface area contributed by atoms with Crippen molar-refractivity contribution >= 4 is 34.8 Å². The van der Waals surface area contributed by atoms with E-state index in [1.54, 1.807) is 0 Å². The van der Waals surface area contributed by atoms with Gasteiger partial charge in [-0.3, -0.25) is 9.69 Å². The fourth-order valence-electron chi connectivity index (χ4n) is 4.88. The summed E-state index contributed by atoms with van der Waals surface area (Å²) in [5.74, 6) is -0.261. The van der Waals surface area contributed by atoms with Crippen LogP contribution in [-0.4, -0.2) is 29.9 Å². The number of fused-ring (bicyclic) bond motifs is 2. The van der Waals surface area contributed by atoms with E-state index in [4.69, 9.17) is 28.9 Å². The van der Waals surface area contributed by atoms with Gasteiger partial charge in [0, 0.05) is 46.3 Å². The molecule has 1 amide bonds. The molecule has 2 aromatic rings. The molecular formula is C22H25Cl2N3O. The van der Waals surface area contributed by atoms with Gasteiger partial charge >= 0.3 is 0 Å². The molecule has 0 aliphatic carbocycles. The molecule has 3 N–H and O–H groups in total. The number of hydrogen-bond acceptors (Lipinski definition) is 3. The number of nitrogens with two attached hydrogens (primary N) is 1. The molecule has 2 aliphatic rings. The third-order valence-electron chi connectivity index (χ3n) is 5.67. The van der Waals surface area contributed by atoms with E-state index in [-0.39, 0.29) is 23.3 Å². The average Bonchev–Trinajstić information content (AvgIpc) is 3.01. The Balaban J connectivity index is 1.95. The van der Waals surface area contributed by atoms with E-state index < -0.39 is 5.54 Å². The third kappa shape index (κ3) is 3.03. The summed E-state index contributed by atoms with van der Waals surface area (Å²) >= 11 is 12.5. The number of amides is 1. The Kier molecular flexibility index (Phi) is 4.74. The number of halogens is 2. The first-order valence-electron chi connectivity index (χ1n) is 9.50. The van der Waals surface area contributed by atoms with Gasteiger partial charge in [0.1, 0.15) is 5.54 Å². The summed E-state index contributed by atoms with van der Waals surface area (Å²) in [6.07, 6.45) is 0. The summed E-state index contributed by atoms with van der Waals surface area (Å²) in [4.78, 5) is 15.8. The molecule has 3 atom stereocenters. The lowest BCUT2D eigenvalue weighted by atomic mass is 9.74. The third-order valence-corrected chi connectivity index (χ3v) is 6.14. The number of nitrogens with one attached hydrogen (secondary N) is 1. The maximum atomic E-state index is 13.6. The Morgan fingerprint density at radius 1 is 1.18 bits per heavy atom. The van der Waals surface area contributed by atoms with Crippen LogP contribution < -0.4 is 11.1 Å².